The van der Waals surface area contributed by atoms with Gasteiger partial charge >= 0.3 is 0 Å². The summed E-state index contributed by atoms with van der Waals surface area (Å²) in [4.78, 5) is 5.17. The molecule has 0 spiro atoms. The van der Waals surface area contributed by atoms with E-state index < -0.39 is 0 Å². The van der Waals surface area contributed by atoms with E-state index in [0.717, 1.165) is 51.5 Å². The van der Waals surface area contributed by atoms with E-state index in [9.17, 15) is 0 Å². The van der Waals surface area contributed by atoms with E-state index in [1.54, 1.807) is 0 Å². The summed E-state index contributed by atoms with van der Waals surface area (Å²) in [5.41, 5.74) is 12.7. The van der Waals surface area contributed by atoms with E-state index in [1.165, 1.54) is 44.3 Å². The summed E-state index contributed by atoms with van der Waals surface area (Å²) < 4.78 is 12.9. The zero-order valence-corrected chi connectivity index (χ0v) is 26.6. The lowest BCUT2D eigenvalue weighted by molar-refractivity contribution is 0.567. The van der Waals surface area contributed by atoms with Crippen LogP contribution in [-0.2, 0) is 0 Å². The standard InChI is InChI=1S/C43H31BN2O2/c1-43-26-9-8-25-39(43)46(32-18-12-24-38-41(32)28-14-3-7-22-36(28)48-38)34-20-10-19-33-42(34)44(43)29-15-4-5-16-30(29)45(33)31-17-11-23-37-40(31)27-13-2-6-21-35(27)47-37/h2-11,13-17,19-26,39H,12,18H2,1H3. The Labute approximate surface area is 278 Å². The van der Waals surface area contributed by atoms with Crippen molar-refractivity contribution in [2.24, 2.45) is 0 Å². The number of rotatable bonds is 2. The lowest BCUT2D eigenvalue weighted by Crippen LogP contribution is -2.66. The van der Waals surface area contributed by atoms with E-state index in [0.29, 0.717) is 0 Å². The van der Waals surface area contributed by atoms with Crippen LogP contribution in [0.15, 0.2) is 142 Å². The second kappa shape index (κ2) is 9.45. The van der Waals surface area contributed by atoms with Crippen LogP contribution in [0, 0.1) is 0 Å². The maximum atomic E-state index is 6.48. The van der Waals surface area contributed by atoms with Crippen LogP contribution < -0.4 is 31.4 Å². The first-order valence-corrected chi connectivity index (χ1v) is 17.0. The average molecular weight is 619 g/mol. The van der Waals surface area contributed by atoms with Crippen molar-refractivity contribution in [3.63, 3.8) is 0 Å². The third-order valence-corrected chi connectivity index (χ3v) is 11.3. The number of hydrogen-bond acceptors (Lipinski definition) is 4. The van der Waals surface area contributed by atoms with Crippen molar-refractivity contribution >= 4 is 85.1 Å². The number of allylic oxidation sites excluding steroid dienone is 2. The van der Waals surface area contributed by atoms with E-state index in [-0.39, 0.29) is 18.1 Å². The normalized spacial score (nSPS) is 20.6. The summed E-state index contributed by atoms with van der Waals surface area (Å²) in [6.45, 7) is 2.63. The van der Waals surface area contributed by atoms with Gasteiger partial charge in [-0.15, -0.1) is 0 Å². The van der Waals surface area contributed by atoms with Crippen LogP contribution in [0.5, 0.6) is 0 Å². The lowest BCUT2D eigenvalue weighted by atomic mass is 9.23. The molecule has 2 atom stereocenters. The molecule has 2 aliphatic heterocycles. The van der Waals surface area contributed by atoms with Crippen molar-refractivity contribution in [3.05, 3.63) is 144 Å². The Morgan fingerprint density at radius 2 is 1.40 bits per heavy atom. The number of hydrogen-bond donors (Lipinski definition) is 0. The van der Waals surface area contributed by atoms with Crippen LogP contribution in [-0.4, -0.2) is 12.8 Å². The monoisotopic (exact) mass is 618 g/mol. The van der Waals surface area contributed by atoms with Gasteiger partial charge in [-0.1, -0.05) is 98.0 Å². The van der Waals surface area contributed by atoms with Gasteiger partial charge in [-0.05, 0) is 77.6 Å². The van der Waals surface area contributed by atoms with Crippen molar-refractivity contribution in [1.29, 1.82) is 0 Å². The molecule has 0 bridgehead atoms. The highest BCUT2D eigenvalue weighted by Crippen LogP contribution is 2.53. The summed E-state index contributed by atoms with van der Waals surface area (Å²) >= 11 is 0. The molecule has 7 aromatic rings. The quantitative estimate of drug-likeness (QED) is 0.183. The summed E-state index contributed by atoms with van der Waals surface area (Å²) in [6, 6.07) is 39.5. The van der Waals surface area contributed by atoms with Gasteiger partial charge in [0, 0.05) is 38.8 Å². The third-order valence-electron chi connectivity index (χ3n) is 11.3. The minimum Gasteiger partial charge on any atom is -0.456 e. The van der Waals surface area contributed by atoms with E-state index >= 15 is 0 Å². The molecule has 4 nitrogen and oxygen atoms in total. The predicted molar refractivity (Wildman–Crippen MR) is 199 cm³/mol. The number of para-hydroxylation sites is 3. The SMILES string of the molecule is CC12C=CC=CC1N(C1=c3c(oc4ccccc34)=CCC1)c1cccc3c1B2c1ccccc1N3c1cccc2oc3ccccc3c12. The highest BCUT2D eigenvalue weighted by Gasteiger charge is 2.55. The maximum absolute atomic E-state index is 6.48. The number of fused-ring (bicyclic) bond motifs is 10. The Kier molecular flexibility index (Phi) is 5.20. The van der Waals surface area contributed by atoms with Crippen LogP contribution in [0.25, 0.3) is 44.7 Å². The molecule has 48 heavy (non-hydrogen) atoms. The smallest absolute Gasteiger partial charge is 0.229 e. The van der Waals surface area contributed by atoms with E-state index in [4.69, 9.17) is 8.83 Å². The van der Waals surface area contributed by atoms with Crippen LogP contribution >= 0.6 is 0 Å². The summed E-state index contributed by atoms with van der Waals surface area (Å²) in [5.74, 6) is 0. The second-order valence-electron chi connectivity index (χ2n) is 13.7. The van der Waals surface area contributed by atoms with Crippen molar-refractivity contribution < 1.29 is 8.83 Å². The van der Waals surface area contributed by atoms with E-state index in [2.05, 4.69) is 150 Å². The van der Waals surface area contributed by atoms with Gasteiger partial charge in [0.2, 0.25) is 6.71 Å². The Morgan fingerprint density at radius 3 is 2.31 bits per heavy atom. The summed E-state index contributed by atoms with van der Waals surface area (Å²) in [7, 11) is 0. The number of furan rings is 2. The molecule has 11 rings (SSSR count). The molecule has 0 N–H and O–H groups in total. The zero-order chi connectivity index (χ0) is 31.6. The van der Waals surface area contributed by atoms with Crippen LogP contribution in [0.4, 0.5) is 22.7 Å². The molecule has 5 heteroatoms. The first kappa shape index (κ1) is 26.4. The highest BCUT2D eigenvalue weighted by molar-refractivity contribution is 6.92. The highest BCUT2D eigenvalue weighted by atomic mass is 16.3. The van der Waals surface area contributed by atoms with Crippen LogP contribution in [0.2, 0.25) is 5.31 Å². The van der Waals surface area contributed by atoms with Gasteiger partial charge in [0.15, 0.2) is 0 Å². The number of benzene rings is 5. The molecule has 0 saturated carbocycles. The summed E-state index contributed by atoms with van der Waals surface area (Å²) in [6.07, 6.45) is 13.6. The fourth-order valence-corrected chi connectivity index (χ4v) is 9.35. The van der Waals surface area contributed by atoms with Gasteiger partial charge in [-0.2, -0.15) is 0 Å². The van der Waals surface area contributed by atoms with Gasteiger partial charge in [-0.3, -0.25) is 0 Å². The van der Waals surface area contributed by atoms with E-state index in [1.807, 2.05) is 6.07 Å². The lowest BCUT2D eigenvalue weighted by Gasteiger charge is -2.55. The molecule has 2 aliphatic carbocycles. The van der Waals surface area contributed by atoms with Crippen LogP contribution in [0.1, 0.15) is 19.8 Å². The first-order chi connectivity index (χ1) is 23.7. The Bertz CT molecular complexity index is 2700. The van der Waals surface area contributed by atoms with Crippen LogP contribution in [0.3, 0.4) is 0 Å². The zero-order valence-electron chi connectivity index (χ0n) is 26.6. The average Bonchev–Trinajstić information content (AvgIpc) is 3.70. The molecule has 0 fully saturated rings. The molecule has 5 aromatic carbocycles. The van der Waals surface area contributed by atoms with Crippen molar-refractivity contribution in [1.82, 2.24) is 0 Å². The molecule has 228 valence electrons. The topological polar surface area (TPSA) is 32.8 Å². The van der Waals surface area contributed by atoms with Gasteiger partial charge in [0.05, 0.1) is 17.1 Å². The third kappa shape index (κ3) is 3.31. The second-order valence-corrected chi connectivity index (χ2v) is 13.7. The fraction of sp³-hybridized carbons (Fsp3) is 0.116. The molecule has 4 aliphatic rings. The fourth-order valence-electron chi connectivity index (χ4n) is 9.35. The Morgan fingerprint density at radius 1 is 0.688 bits per heavy atom. The molecular formula is C43H31BN2O2. The van der Waals surface area contributed by atoms with Gasteiger partial charge in [0.1, 0.15) is 22.2 Å². The molecular weight excluding hydrogens is 587 g/mol. The summed E-state index contributed by atoms with van der Waals surface area (Å²) in [5, 5.41) is 4.49. The Hall–Kier alpha value is -5.68. The number of nitrogens with zero attached hydrogens (tertiary/aromatic N) is 2. The molecule has 0 saturated heterocycles. The van der Waals surface area contributed by atoms with Gasteiger partial charge in [-0.25, -0.2) is 0 Å². The molecule has 0 amide bonds. The molecule has 2 aromatic heterocycles. The minimum atomic E-state index is -0.206. The minimum absolute atomic E-state index is 0.130. The molecule has 2 unspecified atom stereocenters. The Balaban J connectivity index is 1.26. The molecule has 4 heterocycles. The van der Waals surface area contributed by atoms with Gasteiger partial charge in [0.25, 0.3) is 0 Å². The van der Waals surface area contributed by atoms with Gasteiger partial charge < -0.3 is 18.6 Å². The van der Waals surface area contributed by atoms with Crippen molar-refractivity contribution in [2.45, 2.75) is 31.1 Å². The van der Waals surface area contributed by atoms with Crippen molar-refractivity contribution in [3.8, 4) is 0 Å². The molecule has 0 radical (unpaired) electrons. The first-order valence-electron chi connectivity index (χ1n) is 17.0. The largest absolute Gasteiger partial charge is 0.456 e. The predicted octanol–water partition coefficient (Wildman–Crippen LogP) is 8.18. The maximum Gasteiger partial charge on any atom is 0.229 e. The van der Waals surface area contributed by atoms with Crippen molar-refractivity contribution in [2.75, 3.05) is 9.80 Å². The number of anilines is 4.